The largest absolute Gasteiger partial charge is 0.496 e. The fraction of sp³-hybridized carbons (Fsp3) is 0.500. The number of rotatable bonds is 6. The Balaban J connectivity index is 1.72. The summed E-state index contributed by atoms with van der Waals surface area (Å²) in [7, 11) is 1.60. The topological polar surface area (TPSA) is 38.8 Å². The maximum Gasteiger partial charge on any atom is 0.416 e. The highest BCUT2D eigenvalue weighted by atomic mass is 19.4. The summed E-state index contributed by atoms with van der Waals surface area (Å²) in [6.07, 6.45) is -7.76. The van der Waals surface area contributed by atoms with Crippen molar-refractivity contribution in [3.63, 3.8) is 0 Å². The minimum absolute atomic E-state index is 0.0734. The molecule has 2 aromatic rings. The summed E-state index contributed by atoms with van der Waals surface area (Å²) in [4.78, 5) is 14.4. The Morgan fingerprint density at radius 3 is 2.15 bits per heavy atom. The molecule has 0 N–H and O–H groups in total. The van der Waals surface area contributed by atoms with Crippen LogP contribution in [0.25, 0.3) is 5.57 Å². The van der Waals surface area contributed by atoms with Gasteiger partial charge in [-0.15, -0.1) is 0 Å². The smallest absolute Gasteiger partial charge is 0.416 e. The normalized spacial score (nSPS) is 20.7. The summed E-state index contributed by atoms with van der Waals surface area (Å²) in [5.41, 5.74) is 0.891. The minimum Gasteiger partial charge on any atom is -0.496 e. The number of amides is 1. The van der Waals surface area contributed by atoms with E-state index in [0.717, 1.165) is 48.0 Å². The molecule has 4 rings (SSSR count). The van der Waals surface area contributed by atoms with Gasteiger partial charge in [0.1, 0.15) is 11.9 Å². The second-order valence-corrected chi connectivity index (χ2v) is 10.8. The fourth-order valence-corrected chi connectivity index (χ4v) is 5.47. The second-order valence-electron chi connectivity index (χ2n) is 10.8. The molecule has 2 atom stereocenters. The molecule has 4 nitrogen and oxygen atoms in total. The van der Waals surface area contributed by atoms with Gasteiger partial charge < -0.3 is 9.47 Å². The van der Waals surface area contributed by atoms with Crippen molar-refractivity contribution < 1.29 is 40.6 Å². The number of nitrogens with zero attached hydrogens (tertiary/aromatic N) is 1. The first-order chi connectivity index (χ1) is 18.7. The molecule has 1 amide bonds. The van der Waals surface area contributed by atoms with E-state index in [4.69, 9.17) is 9.47 Å². The van der Waals surface area contributed by atoms with Gasteiger partial charge in [-0.05, 0) is 91.1 Å². The van der Waals surface area contributed by atoms with Crippen LogP contribution >= 0.6 is 0 Å². The third kappa shape index (κ3) is 6.25. The van der Waals surface area contributed by atoms with Crippen molar-refractivity contribution in [2.75, 3.05) is 13.7 Å². The lowest BCUT2D eigenvalue weighted by atomic mass is 9.91. The predicted octanol–water partition coefficient (Wildman–Crippen LogP) is 9.16. The lowest BCUT2D eigenvalue weighted by molar-refractivity contribution is -0.143. The number of methoxy groups -OCH3 is 1. The molecule has 1 saturated heterocycles. The fourth-order valence-electron chi connectivity index (χ4n) is 5.47. The molecule has 40 heavy (non-hydrogen) atoms. The van der Waals surface area contributed by atoms with Gasteiger partial charge >= 0.3 is 18.4 Å². The molecule has 0 bridgehead atoms. The number of alkyl halides is 6. The monoisotopic (exact) mass is 569 g/mol. The maximum absolute atomic E-state index is 13.5. The molecule has 1 heterocycles. The van der Waals surface area contributed by atoms with E-state index in [1.807, 2.05) is 12.1 Å². The van der Waals surface area contributed by atoms with Crippen LogP contribution in [0.5, 0.6) is 5.75 Å². The Morgan fingerprint density at radius 1 is 0.950 bits per heavy atom. The van der Waals surface area contributed by atoms with Crippen molar-refractivity contribution in [2.24, 2.45) is 0 Å². The highest BCUT2D eigenvalue weighted by molar-refractivity contribution is 5.76. The third-order valence-corrected chi connectivity index (χ3v) is 7.74. The Bertz CT molecular complexity index is 1250. The number of carbonyl (C=O) groups is 1. The van der Waals surface area contributed by atoms with Gasteiger partial charge in [0, 0.05) is 12.1 Å². The van der Waals surface area contributed by atoms with Gasteiger partial charge in [-0.3, -0.25) is 4.90 Å². The average molecular weight is 570 g/mol. The van der Waals surface area contributed by atoms with Gasteiger partial charge in [-0.1, -0.05) is 26.3 Å². The van der Waals surface area contributed by atoms with Crippen LogP contribution in [0.15, 0.2) is 42.0 Å². The van der Waals surface area contributed by atoms with Crippen LogP contribution in [0, 0.1) is 0 Å². The first-order valence-electron chi connectivity index (χ1n) is 13.4. The first-order valence-corrected chi connectivity index (χ1v) is 13.4. The number of halogens is 6. The van der Waals surface area contributed by atoms with E-state index in [2.05, 4.69) is 19.9 Å². The Hall–Kier alpha value is -3.17. The molecule has 2 aliphatic rings. The Kier molecular flexibility index (Phi) is 8.47. The summed E-state index contributed by atoms with van der Waals surface area (Å²) < 4.78 is 91.9. The maximum atomic E-state index is 13.5. The number of hydrogen-bond acceptors (Lipinski definition) is 3. The molecule has 0 spiro atoms. The van der Waals surface area contributed by atoms with E-state index in [1.54, 1.807) is 14.0 Å². The van der Waals surface area contributed by atoms with Gasteiger partial charge in [0.15, 0.2) is 0 Å². The van der Waals surface area contributed by atoms with Gasteiger partial charge in [-0.25, -0.2) is 4.79 Å². The Morgan fingerprint density at radius 2 is 1.57 bits per heavy atom. The van der Waals surface area contributed by atoms with Crippen molar-refractivity contribution in [1.82, 2.24) is 4.90 Å². The molecule has 1 aliphatic heterocycles. The molecule has 2 unspecified atom stereocenters. The summed E-state index contributed by atoms with van der Waals surface area (Å²) in [6.45, 7) is 5.92. The van der Waals surface area contributed by atoms with E-state index in [9.17, 15) is 31.1 Å². The highest BCUT2D eigenvalue weighted by Gasteiger charge is 2.43. The van der Waals surface area contributed by atoms with E-state index in [1.165, 1.54) is 4.90 Å². The highest BCUT2D eigenvalue weighted by Crippen LogP contribution is 2.43. The van der Waals surface area contributed by atoms with Crippen LogP contribution in [0.4, 0.5) is 31.1 Å². The molecule has 1 aliphatic carbocycles. The lowest BCUT2D eigenvalue weighted by Crippen LogP contribution is -2.34. The van der Waals surface area contributed by atoms with E-state index in [-0.39, 0.29) is 24.1 Å². The second kappa shape index (κ2) is 11.4. The minimum atomic E-state index is -4.99. The van der Waals surface area contributed by atoms with Crippen molar-refractivity contribution in [2.45, 2.75) is 83.3 Å². The zero-order chi connectivity index (χ0) is 29.4. The van der Waals surface area contributed by atoms with Crippen LogP contribution in [0.3, 0.4) is 0 Å². The van der Waals surface area contributed by atoms with Crippen LogP contribution in [-0.4, -0.2) is 30.7 Å². The zero-order valence-electron chi connectivity index (χ0n) is 22.9. The zero-order valence-corrected chi connectivity index (χ0v) is 22.9. The van der Waals surface area contributed by atoms with Crippen molar-refractivity contribution in [3.8, 4) is 5.75 Å². The summed E-state index contributed by atoms with van der Waals surface area (Å²) >= 11 is 0. The van der Waals surface area contributed by atoms with Crippen LogP contribution in [0.1, 0.15) is 92.7 Å². The molecule has 218 valence electrons. The van der Waals surface area contributed by atoms with Crippen LogP contribution < -0.4 is 4.74 Å². The first kappa shape index (κ1) is 29.8. The van der Waals surface area contributed by atoms with Gasteiger partial charge in [0.25, 0.3) is 0 Å². The number of hydrogen-bond donors (Lipinski definition) is 0. The van der Waals surface area contributed by atoms with Crippen molar-refractivity contribution in [3.05, 3.63) is 69.8 Å². The quantitative estimate of drug-likeness (QED) is 0.326. The summed E-state index contributed by atoms with van der Waals surface area (Å²) in [6, 6.07) is 6.58. The van der Waals surface area contributed by atoms with Gasteiger partial charge in [0.05, 0.1) is 24.3 Å². The molecular formula is C30H33F6NO3. The molecular weight excluding hydrogens is 536 g/mol. The number of ether oxygens (including phenoxy) is 2. The molecule has 0 aromatic heterocycles. The molecule has 2 aromatic carbocycles. The average Bonchev–Trinajstić information content (AvgIpc) is 3.03. The van der Waals surface area contributed by atoms with Crippen LogP contribution in [-0.2, 0) is 17.1 Å². The number of allylic oxidation sites excluding steroid dienone is 1. The van der Waals surface area contributed by atoms with Gasteiger partial charge in [0.2, 0.25) is 0 Å². The SMILES string of the molecule is COc1ccc(C(C)C)cc1C1=C(CN2C(=O)OC(c3cc(C(F)(F)F)cc(C(F)(F)F)c3)C2C)CCCCC1. The molecule has 10 heteroatoms. The molecule has 1 fully saturated rings. The van der Waals surface area contributed by atoms with Crippen LogP contribution in [0.2, 0.25) is 0 Å². The standard InChI is InChI=1S/C30H33F6NO3/c1-17(2)19-10-11-26(39-4)25(14-19)24-9-7-5-6-8-20(24)16-37-18(3)27(40-28(37)38)21-12-22(29(31,32)33)15-23(13-21)30(34,35)36/h10-15,17-18,27H,5-9,16H2,1-4H3. The number of benzene rings is 2. The third-order valence-electron chi connectivity index (χ3n) is 7.74. The van der Waals surface area contributed by atoms with Crippen molar-refractivity contribution in [1.29, 1.82) is 0 Å². The predicted molar refractivity (Wildman–Crippen MR) is 139 cm³/mol. The van der Waals surface area contributed by atoms with Gasteiger partial charge in [-0.2, -0.15) is 26.3 Å². The number of cyclic esters (lactones) is 1. The summed E-state index contributed by atoms with van der Waals surface area (Å²) in [5, 5.41) is 0. The molecule has 0 saturated carbocycles. The molecule has 0 radical (unpaired) electrons. The van der Waals surface area contributed by atoms with E-state index >= 15 is 0 Å². The van der Waals surface area contributed by atoms with Crippen molar-refractivity contribution >= 4 is 11.7 Å². The number of carbonyl (C=O) groups excluding carboxylic acids is 1. The summed E-state index contributed by atoms with van der Waals surface area (Å²) in [5.74, 6) is 0.986. The van der Waals surface area contributed by atoms with E-state index in [0.29, 0.717) is 24.3 Å². The lowest BCUT2D eigenvalue weighted by Gasteiger charge is -2.25. The Labute approximate surface area is 229 Å². The van der Waals surface area contributed by atoms with E-state index < -0.39 is 41.7 Å².